The number of aromatic carboxylic acids is 1. The largest absolute Gasteiger partial charge is 0.478 e. The van der Waals surface area contributed by atoms with Gasteiger partial charge in [0.15, 0.2) is 0 Å². The van der Waals surface area contributed by atoms with E-state index in [1.54, 1.807) is 6.07 Å². The molecule has 2 rings (SSSR count). The molecule has 0 aliphatic carbocycles. The van der Waals surface area contributed by atoms with Gasteiger partial charge in [-0.05, 0) is 17.2 Å². The van der Waals surface area contributed by atoms with Gasteiger partial charge in [0.2, 0.25) is 5.12 Å². The molecule has 2 aromatic rings. The van der Waals surface area contributed by atoms with Crippen LogP contribution >= 0.6 is 12.6 Å². The van der Waals surface area contributed by atoms with E-state index < -0.39 is 16.0 Å². The van der Waals surface area contributed by atoms with Crippen LogP contribution in [0, 0.1) is 10.1 Å². The highest BCUT2D eigenvalue weighted by Gasteiger charge is 2.20. The van der Waals surface area contributed by atoms with E-state index >= 15 is 0 Å². The van der Waals surface area contributed by atoms with Gasteiger partial charge in [-0.25, -0.2) is 4.79 Å². The summed E-state index contributed by atoms with van der Waals surface area (Å²) in [6.07, 6.45) is 0. The summed E-state index contributed by atoms with van der Waals surface area (Å²) in [5, 5.41) is 19.4. The van der Waals surface area contributed by atoms with Gasteiger partial charge < -0.3 is 5.11 Å². The zero-order chi connectivity index (χ0) is 15.6. The highest BCUT2D eigenvalue weighted by Crippen LogP contribution is 2.29. The highest BCUT2D eigenvalue weighted by molar-refractivity contribution is 7.97. The third-order valence-electron chi connectivity index (χ3n) is 2.88. The predicted octanol–water partition coefficient (Wildman–Crippen LogP) is 3.03. The van der Waals surface area contributed by atoms with Gasteiger partial charge in [0.25, 0.3) is 5.69 Å². The van der Waals surface area contributed by atoms with E-state index in [4.69, 9.17) is 0 Å². The fraction of sp³-hybridized carbons (Fsp3) is 0. The molecule has 0 saturated heterocycles. The van der Waals surface area contributed by atoms with Crippen LogP contribution in [0.3, 0.4) is 0 Å². The van der Waals surface area contributed by atoms with Crippen LogP contribution in [-0.2, 0) is 0 Å². The van der Waals surface area contributed by atoms with Crippen LogP contribution < -0.4 is 0 Å². The molecule has 0 radical (unpaired) electrons. The number of rotatable bonds is 4. The zero-order valence-corrected chi connectivity index (χ0v) is 11.4. The molecule has 0 heterocycles. The number of benzene rings is 2. The molecule has 1 N–H and O–H groups in total. The normalized spacial score (nSPS) is 10.1. The quantitative estimate of drug-likeness (QED) is 0.514. The first-order valence-electron chi connectivity index (χ1n) is 5.76. The van der Waals surface area contributed by atoms with E-state index in [2.05, 4.69) is 12.6 Å². The van der Waals surface area contributed by atoms with Gasteiger partial charge in [-0.15, -0.1) is 12.6 Å². The average Bonchev–Trinajstić information content (AvgIpc) is 2.46. The van der Waals surface area contributed by atoms with Gasteiger partial charge >= 0.3 is 5.97 Å². The Morgan fingerprint density at radius 1 is 1.14 bits per heavy atom. The summed E-state index contributed by atoms with van der Waals surface area (Å²) >= 11 is 3.65. The van der Waals surface area contributed by atoms with Crippen LogP contribution in [0.15, 0.2) is 42.5 Å². The maximum atomic E-state index is 11.4. The maximum absolute atomic E-state index is 11.4. The number of nitro groups is 1. The van der Waals surface area contributed by atoms with Crippen molar-refractivity contribution < 1.29 is 19.6 Å². The Balaban J connectivity index is 2.72. The summed E-state index contributed by atoms with van der Waals surface area (Å²) in [4.78, 5) is 33.1. The van der Waals surface area contributed by atoms with Crippen LogP contribution in [0.4, 0.5) is 5.69 Å². The molecular formula is C14H9NO5S. The van der Waals surface area contributed by atoms with E-state index in [0.717, 1.165) is 0 Å². The SMILES string of the molecule is O=C(S)c1cccc(-c2cccc([N+](=O)[O-])c2)c1C(=O)O. The molecule has 6 nitrogen and oxygen atoms in total. The van der Waals surface area contributed by atoms with E-state index in [1.807, 2.05) is 0 Å². The van der Waals surface area contributed by atoms with Gasteiger partial charge in [0.1, 0.15) is 0 Å². The maximum Gasteiger partial charge on any atom is 0.337 e. The lowest BCUT2D eigenvalue weighted by molar-refractivity contribution is -0.384. The first-order valence-corrected chi connectivity index (χ1v) is 6.21. The molecule has 0 saturated carbocycles. The van der Waals surface area contributed by atoms with Gasteiger partial charge in [-0.2, -0.15) is 0 Å². The molecule has 0 unspecified atom stereocenters. The average molecular weight is 303 g/mol. The van der Waals surface area contributed by atoms with Gasteiger partial charge in [-0.1, -0.05) is 24.3 Å². The van der Waals surface area contributed by atoms with Crippen molar-refractivity contribution >= 4 is 29.4 Å². The minimum absolute atomic E-state index is 0.0603. The molecule has 0 amide bonds. The van der Waals surface area contributed by atoms with Crippen molar-refractivity contribution in [3.63, 3.8) is 0 Å². The van der Waals surface area contributed by atoms with Crippen molar-refractivity contribution in [3.8, 4) is 11.1 Å². The summed E-state index contributed by atoms with van der Waals surface area (Å²) in [5.74, 6) is -1.30. The van der Waals surface area contributed by atoms with Crippen molar-refractivity contribution in [2.45, 2.75) is 0 Å². The number of non-ortho nitro benzene ring substituents is 1. The topological polar surface area (TPSA) is 97.5 Å². The smallest absolute Gasteiger partial charge is 0.337 e. The van der Waals surface area contributed by atoms with Crippen molar-refractivity contribution in [1.82, 2.24) is 0 Å². The van der Waals surface area contributed by atoms with Crippen LogP contribution in [0.5, 0.6) is 0 Å². The Morgan fingerprint density at radius 3 is 2.38 bits per heavy atom. The molecule has 0 aliphatic heterocycles. The van der Waals surface area contributed by atoms with Crippen molar-refractivity contribution in [2.24, 2.45) is 0 Å². The molecule has 0 aromatic heterocycles. The molecule has 21 heavy (non-hydrogen) atoms. The summed E-state index contributed by atoms with van der Waals surface area (Å²) in [6.45, 7) is 0. The highest BCUT2D eigenvalue weighted by atomic mass is 32.1. The van der Waals surface area contributed by atoms with Gasteiger partial charge in [0, 0.05) is 17.7 Å². The van der Waals surface area contributed by atoms with Crippen LogP contribution in [0.1, 0.15) is 20.7 Å². The van der Waals surface area contributed by atoms with Crippen molar-refractivity contribution in [2.75, 3.05) is 0 Å². The van der Waals surface area contributed by atoms with Crippen LogP contribution in [0.2, 0.25) is 0 Å². The second-order valence-corrected chi connectivity index (χ2v) is 4.55. The lowest BCUT2D eigenvalue weighted by Crippen LogP contribution is -2.07. The third-order valence-corrected chi connectivity index (χ3v) is 3.12. The first-order chi connectivity index (χ1) is 9.91. The standard InChI is InChI=1S/C14H9NO5S/c16-13(17)12-10(5-2-6-11(12)14(18)21)8-3-1-4-9(7-8)15(19)20/h1-7H,(H,16,17)(H,18,21). The van der Waals surface area contributed by atoms with Crippen molar-refractivity contribution in [3.05, 3.63) is 63.7 Å². The van der Waals surface area contributed by atoms with Gasteiger partial charge in [-0.3, -0.25) is 14.9 Å². The van der Waals surface area contributed by atoms with E-state index in [0.29, 0.717) is 5.56 Å². The lowest BCUT2D eigenvalue weighted by atomic mass is 9.95. The number of carbonyl (C=O) groups excluding carboxylic acids is 1. The Hall–Kier alpha value is -2.67. The monoisotopic (exact) mass is 303 g/mol. The summed E-state index contributed by atoms with van der Waals surface area (Å²) in [6, 6.07) is 9.90. The summed E-state index contributed by atoms with van der Waals surface area (Å²) in [7, 11) is 0. The fourth-order valence-electron chi connectivity index (χ4n) is 1.99. The van der Waals surface area contributed by atoms with Crippen LogP contribution in [-0.4, -0.2) is 21.1 Å². The number of hydrogen-bond acceptors (Lipinski definition) is 4. The molecule has 106 valence electrons. The van der Waals surface area contributed by atoms with E-state index in [9.17, 15) is 24.8 Å². The predicted molar refractivity (Wildman–Crippen MR) is 78.8 cm³/mol. The number of carboxylic acid groups (broad SMARTS) is 1. The Morgan fingerprint density at radius 2 is 1.81 bits per heavy atom. The number of carboxylic acids is 1. The van der Waals surface area contributed by atoms with Gasteiger partial charge in [0.05, 0.1) is 10.5 Å². The third kappa shape index (κ3) is 2.92. The number of nitrogens with zero attached hydrogens (tertiary/aromatic N) is 1. The number of hydrogen-bond donors (Lipinski definition) is 2. The first kappa shape index (κ1) is 14.7. The Kier molecular flexibility index (Phi) is 4.04. The Bertz CT molecular complexity index is 757. The molecule has 7 heteroatoms. The molecule has 0 atom stereocenters. The minimum atomic E-state index is -1.30. The zero-order valence-electron chi connectivity index (χ0n) is 10.5. The van der Waals surface area contributed by atoms with Crippen LogP contribution in [0.25, 0.3) is 11.1 Å². The molecule has 0 bridgehead atoms. The molecule has 2 aromatic carbocycles. The van der Waals surface area contributed by atoms with Crippen molar-refractivity contribution in [1.29, 1.82) is 0 Å². The Labute approximate surface area is 124 Å². The second-order valence-electron chi connectivity index (χ2n) is 4.15. The number of thiol groups is 1. The molecule has 0 aliphatic rings. The number of carbonyl (C=O) groups is 2. The second kappa shape index (κ2) is 5.76. The summed E-state index contributed by atoms with van der Waals surface area (Å²) < 4.78 is 0. The molecule has 0 fully saturated rings. The minimum Gasteiger partial charge on any atom is -0.478 e. The molecular weight excluding hydrogens is 294 g/mol. The van der Waals surface area contributed by atoms with E-state index in [-0.39, 0.29) is 22.4 Å². The fourth-order valence-corrected chi connectivity index (χ4v) is 2.17. The summed E-state index contributed by atoms with van der Waals surface area (Å²) in [5.41, 5.74) is 0.128. The van der Waals surface area contributed by atoms with E-state index in [1.165, 1.54) is 36.4 Å². The lowest BCUT2D eigenvalue weighted by Gasteiger charge is -2.09. The molecule has 0 spiro atoms. The number of nitro benzene ring substituents is 1.